The summed E-state index contributed by atoms with van der Waals surface area (Å²) in [5, 5.41) is 19.0. The Morgan fingerprint density at radius 2 is 2.16 bits per heavy atom. The fourth-order valence-corrected chi connectivity index (χ4v) is 1.41. The van der Waals surface area contributed by atoms with Gasteiger partial charge in [-0.1, -0.05) is 0 Å². The summed E-state index contributed by atoms with van der Waals surface area (Å²) in [6.07, 6.45) is 0. The summed E-state index contributed by atoms with van der Waals surface area (Å²) < 4.78 is 0. The maximum Gasteiger partial charge on any atom is 0.311 e. The molecule has 0 aliphatic heterocycles. The summed E-state index contributed by atoms with van der Waals surface area (Å²) >= 11 is 0. The zero-order valence-corrected chi connectivity index (χ0v) is 11.1. The van der Waals surface area contributed by atoms with E-state index in [0.29, 0.717) is 5.82 Å². The molecular weight excluding hydrogens is 250 g/mol. The standard InChI is InChI=1S/C11H17N5O3/c1-7(2)14-10(17)6-13-11-8(16(18)19)4-5-9(12-3)15-11/h4-5,7H,6H2,1-3H3,(H,14,17)(H2,12,13,15). The van der Waals surface area contributed by atoms with E-state index in [1.54, 1.807) is 7.05 Å². The van der Waals surface area contributed by atoms with Crippen molar-refractivity contribution < 1.29 is 9.72 Å². The van der Waals surface area contributed by atoms with Crippen molar-refractivity contribution in [1.82, 2.24) is 10.3 Å². The third-order valence-corrected chi connectivity index (χ3v) is 2.19. The number of nitrogens with zero attached hydrogens (tertiary/aromatic N) is 2. The Balaban J connectivity index is 2.80. The Morgan fingerprint density at radius 3 is 2.68 bits per heavy atom. The molecule has 0 atom stereocenters. The number of pyridine rings is 1. The third kappa shape index (κ3) is 4.41. The molecule has 8 nitrogen and oxygen atoms in total. The largest absolute Gasteiger partial charge is 0.373 e. The Morgan fingerprint density at radius 1 is 1.47 bits per heavy atom. The smallest absolute Gasteiger partial charge is 0.311 e. The molecule has 0 fully saturated rings. The number of amides is 1. The SMILES string of the molecule is CNc1ccc([N+](=O)[O-])c(NCC(=O)NC(C)C)n1. The van der Waals surface area contributed by atoms with Crippen molar-refractivity contribution in [1.29, 1.82) is 0 Å². The summed E-state index contributed by atoms with van der Waals surface area (Å²) in [5.74, 6) is 0.300. The molecule has 0 saturated carbocycles. The summed E-state index contributed by atoms with van der Waals surface area (Å²) in [7, 11) is 1.66. The van der Waals surface area contributed by atoms with E-state index in [0.717, 1.165) is 0 Å². The normalized spacial score (nSPS) is 10.1. The second kappa shape index (κ2) is 6.53. The molecule has 1 heterocycles. The van der Waals surface area contributed by atoms with Gasteiger partial charge in [0.2, 0.25) is 11.7 Å². The lowest BCUT2D eigenvalue weighted by atomic mass is 10.3. The van der Waals surface area contributed by atoms with Gasteiger partial charge in [0.25, 0.3) is 0 Å². The predicted octanol–water partition coefficient (Wildman–Crippen LogP) is 0.968. The van der Waals surface area contributed by atoms with Crippen molar-refractivity contribution in [3.8, 4) is 0 Å². The van der Waals surface area contributed by atoms with Gasteiger partial charge in [0.1, 0.15) is 5.82 Å². The Hall–Kier alpha value is -2.38. The van der Waals surface area contributed by atoms with Crippen LogP contribution in [0.2, 0.25) is 0 Å². The molecular formula is C11H17N5O3. The van der Waals surface area contributed by atoms with Crippen molar-refractivity contribution in [2.24, 2.45) is 0 Å². The van der Waals surface area contributed by atoms with E-state index in [4.69, 9.17) is 0 Å². The molecule has 0 aliphatic carbocycles. The van der Waals surface area contributed by atoms with Crippen molar-refractivity contribution in [3.05, 3.63) is 22.2 Å². The Labute approximate surface area is 110 Å². The van der Waals surface area contributed by atoms with Crippen LogP contribution >= 0.6 is 0 Å². The number of nitrogens with one attached hydrogen (secondary N) is 3. The number of hydrogen-bond acceptors (Lipinski definition) is 6. The highest BCUT2D eigenvalue weighted by atomic mass is 16.6. The van der Waals surface area contributed by atoms with Gasteiger partial charge in [-0.25, -0.2) is 4.98 Å². The van der Waals surface area contributed by atoms with E-state index in [2.05, 4.69) is 20.9 Å². The minimum atomic E-state index is -0.547. The van der Waals surface area contributed by atoms with Crippen molar-refractivity contribution in [2.45, 2.75) is 19.9 Å². The number of rotatable bonds is 6. The molecule has 0 aliphatic rings. The number of carbonyl (C=O) groups excluding carboxylic acids is 1. The van der Waals surface area contributed by atoms with E-state index >= 15 is 0 Å². The lowest BCUT2D eigenvalue weighted by Crippen LogP contribution is -2.35. The molecule has 1 aromatic rings. The van der Waals surface area contributed by atoms with Crippen LogP contribution in [0.1, 0.15) is 13.8 Å². The van der Waals surface area contributed by atoms with Crippen molar-refractivity contribution in [3.63, 3.8) is 0 Å². The zero-order chi connectivity index (χ0) is 14.4. The molecule has 0 bridgehead atoms. The van der Waals surface area contributed by atoms with Crippen molar-refractivity contribution >= 4 is 23.2 Å². The molecule has 0 spiro atoms. The number of anilines is 2. The lowest BCUT2D eigenvalue weighted by Gasteiger charge is -2.10. The topological polar surface area (TPSA) is 109 Å². The molecule has 0 aromatic carbocycles. The van der Waals surface area contributed by atoms with E-state index in [1.165, 1.54) is 12.1 Å². The number of aromatic nitrogens is 1. The molecule has 1 amide bonds. The van der Waals surface area contributed by atoms with Gasteiger partial charge in [0, 0.05) is 19.2 Å². The highest BCUT2D eigenvalue weighted by molar-refractivity contribution is 5.81. The quantitative estimate of drug-likeness (QED) is 0.523. The summed E-state index contributed by atoms with van der Waals surface area (Å²) in [4.78, 5) is 25.8. The van der Waals surface area contributed by atoms with E-state index in [-0.39, 0.29) is 30.0 Å². The maximum atomic E-state index is 11.5. The van der Waals surface area contributed by atoms with Gasteiger partial charge < -0.3 is 16.0 Å². The number of nitro groups is 1. The average molecular weight is 267 g/mol. The highest BCUT2D eigenvalue weighted by Gasteiger charge is 2.16. The van der Waals surface area contributed by atoms with Gasteiger partial charge in [-0.3, -0.25) is 14.9 Å². The summed E-state index contributed by atoms with van der Waals surface area (Å²) in [6.45, 7) is 3.60. The molecule has 1 rings (SSSR count). The van der Waals surface area contributed by atoms with Crippen LogP contribution in [0, 0.1) is 10.1 Å². The van der Waals surface area contributed by atoms with Gasteiger partial charge in [-0.05, 0) is 19.9 Å². The molecule has 1 aromatic heterocycles. The van der Waals surface area contributed by atoms with Gasteiger partial charge in [-0.15, -0.1) is 0 Å². The highest BCUT2D eigenvalue weighted by Crippen LogP contribution is 2.23. The van der Waals surface area contributed by atoms with Crippen molar-refractivity contribution in [2.75, 3.05) is 24.2 Å². The van der Waals surface area contributed by atoms with Crippen LogP contribution in [0.15, 0.2) is 12.1 Å². The Bertz CT molecular complexity index is 475. The molecule has 3 N–H and O–H groups in total. The molecule has 8 heteroatoms. The molecule has 104 valence electrons. The number of carbonyl (C=O) groups is 1. The van der Waals surface area contributed by atoms with Crippen LogP contribution in [0.4, 0.5) is 17.3 Å². The zero-order valence-electron chi connectivity index (χ0n) is 11.1. The monoisotopic (exact) mass is 267 g/mol. The first-order chi connectivity index (χ1) is 8.93. The third-order valence-electron chi connectivity index (χ3n) is 2.19. The van der Waals surface area contributed by atoms with Crippen LogP contribution in [-0.2, 0) is 4.79 Å². The summed E-state index contributed by atoms with van der Waals surface area (Å²) in [6, 6.07) is 2.85. The number of hydrogen-bond donors (Lipinski definition) is 3. The van der Waals surface area contributed by atoms with E-state index < -0.39 is 4.92 Å². The fraction of sp³-hybridized carbons (Fsp3) is 0.455. The predicted molar refractivity (Wildman–Crippen MR) is 72.2 cm³/mol. The minimum absolute atomic E-state index is 0.0147. The lowest BCUT2D eigenvalue weighted by molar-refractivity contribution is -0.384. The molecule has 0 unspecified atom stereocenters. The molecule has 19 heavy (non-hydrogen) atoms. The van der Waals surface area contributed by atoms with Crippen LogP contribution in [-0.4, -0.2) is 35.4 Å². The molecule has 0 saturated heterocycles. The minimum Gasteiger partial charge on any atom is -0.373 e. The van der Waals surface area contributed by atoms with Gasteiger partial charge in [0.05, 0.1) is 11.5 Å². The first kappa shape index (κ1) is 14.7. The van der Waals surface area contributed by atoms with Gasteiger partial charge >= 0.3 is 5.69 Å². The van der Waals surface area contributed by atoms with Gasteiger partial charge in [-0.2, -0.15) is 0 Å². The van der Waals surface area contributed by atoms with Gasteiger partial charge in [0.15, 0.2) is 0 Å². The second-order valence-electron chi connectivity index (χ2n) is 4.15. The van der Waals surface area contributed by atoms with E-state index in [9.17, 15) is 14.9 Å². The van der Waals surface area contributed by atoms with Crippen LogP contribution < -0.4 is 16.0 Å². The van der Waals surface area contributed by atoms with Crippen LogP contribution in [0.25, 0.3) is 0 Å². The first-order valence-electron chi connectivity index (χ1n) is 5.80. The van der Waals surface area contributed by atoms with Crippen LogP contribution in [0.3, 0.4) is 0 Å². The fourth-order valence-electron chi connectivity index (χ4n) is 1.41. The summed E-state index contributed by atoms with van der Waals surface area (Å²) in [5.41, 5.74) is -0.170. The molecule has 0 radical (unpaired) electrons. The van der Waals surface area contributed by atoms with Crippen LogP contribution in [0.5, 0.6) is 0 Å². The Kier molecular flexibility index (Phi) is 5.04. The average Bonchev–Trinajstić information content (AvgIpc) is 2.34. The first-order valence-corrected chi connectivity index (χ1v) is 5.80. The van der Waals surface area contributed by atoms with E-state index in [1.807, 2.05) is 13.8 Å². The maximum absolute atomic E-state index is 11.5. The second-order valence-corrected chi connectivity index (χ2v) is 4.15.